The summed E-state index contributed by atoms with van der Waals surface area (Å²) >= 11 is 6.08. The first kappa shape index (κ1) is 21.8. The molecule has 1 aliphatic heterocycles. The molecule has 0 unspecified atom stereocenters. The van der Waals surface area contributed by atoms with Gasteiger partial charge in [-0.25, -0.2) is 15.0 Å². The number of aromatic nitrogens is 3. The normalized spacial score (nSPS) is 13.3. The highest BCUT2D eigenvalue weighted by atomic mass is 35.5. The van der Waals surface area contributed by atoms with Gasteiger partial charge in [-0.2, -0.15) is 0 Å². The highest BCUT2D eigenvalue weighted by Gasteiger charge is 2.17. The maximum atomic E-state index is 12.8. The van der Waals surface area contributed by atoms with E-state index in [-0.39, 0.29) is 5.91 Å². The average molecular weight is 469 g/mol. The van der Waals surface area contributed by atoms with Crippen molar-refractivity contribution in [1.82, 2.24) is 25.2 Å². The number of para-hydroxylation sites is 1. The molecule has 0 spiro atoms. The van der Waals surface area contributed by atoms with Crippen molar-refractivity contribution in [2.24, 2.45) is 0 Å². The van der Waals surface area contributed by atoms with E-state index < -0.39 is 0 Å². The van der Waals surface area contributed by atoms with Crippen molar-refractivity contribution in [3.63, 3.8) is 0 Å². The Morgan fingerprint density at radius 3 is 2.74 bits per heavy atom. The Morgan fingerprint density at radius 1 is 1.00 bits per heavy atom. The van der Waals surface area contributed by atoms with E-state index in [1.807, 2.05) is 53.4 Å². The lowest BCUT2D eigenvalue weighted by Gasteiger charge is -2.27. The summed E-state index contributed by atoms with van der Waals surface area (Å²) in [6.45, 7) is 3.06. The first-order valence-electron chi connectivity index (χ1n) is 10.9. The van der Waals surface area contributed by atoms with Gasteiger partial charge in [-0.05, 0) is 42.5 Å². The van der Waals surface area contributed by atoms with E-state index in [1.165, 1.54) is 6.33 Å². The monoisotopic (exact) mass is 468 g/mol. The Bertz CT molecular complexity index is 1420. The smallest absolute Gasteiger partial charge is 0.253 e. The Kier molecular flexibility index (Phi) is 6.34. The fraction of sp³-hybridized carbons (Fsp3) is 0.154. The second-order valence-electron chi connectivity index (χ2n) is 7.77. The van der Waals surface area contributed by atoms with Crippen LogP contribution in [0.2, 0.25) is 5.15 Å². The quantitative estimate of drug-likeness (QED) is 0.351. The molecular weight excluding hydrogens is 448 g/mol. The lowest BCUT2D eigenvalue weighted by molar-refractivity contribution is 0.0736. The molecule has 0 atom stereocenters. The van der Waals surface area contributed by atoms with Gasteiger partial charge in [0.25, 0.3) is 5.91 Å². The Balaban J connectivity index is 1.41. The number of hydrogen-bond acceptors (Lipinski definition) is 6. The van der Waals surface area contributed by atoms with E-state index in [1.54, 1.807) is 12.1 Å². The van der Waals surface area contributed by atoms with Crippen molar-refractivity contribution in [2.75, 3.05) is 31.5 Å². The molecule has 1 amide bonds. The lowest BCUT2D eigenvalue weighted by atomic mass is 10.1. The minimum Gasteiger partial charge on any atom is -0.337 e. The molecule has 0 aliphatic carbocycles. The number of rotatable bonds is 3. The van der Waals surface area contributed by atoms with Crippen LogP contribution < -0.4 is 10.6 Å². The standard InChI is InChI=1S/C26H21ClN6O/c27-23-11-10-22-24(32-23)25(30-17-29-22)31-21-7-2-1-5-19(21)9-8-18-4-3-6-20(16-18)26(34)33-14-12-28-13-15-33/h1-7,10-11,16-17,28H,12-15H2,(H,29,30,31). The van der Waals surface area contributed by atoms with Crippen molar-refractivity contribution < 1.29 is 4.79 Å². The maximum Gasteiger partial charge on any atom is 0.253 e. The van der Waals surface area contributed by atoms with Crippen LogP contribution in [0.5, 0.6) is 0 Å². The minimum absolute atomic E-state index is 0.0361. The fourth-order valence-corrected chi connectivity index (χ4v) is 3.90. The third-order valence-electron chi connectivity index (χ3n) is 5.48. The summed E-state index contributed by atoms with van der Waals surface area (Å²) in [6.07, 6.45) is 1.48. The van der Waals surface area contributed by atoms with Crippen LogP contribution in [0.15, 0.2) is 67.0 Å². The number of amides is 1. The van der Waals surface area contributed by atoms with E-state index in [4.69, 9.17) is 11.6 Å². The van der Waals surface area contributed by atoms with Crippen molar-refractivity contribution >= 4 is 40.0 Å². The molecule has 4 aromatic rings. The lowest BCUT2D eigenvalue weighted by Crippen LogP contribution is -2.46. The molecule has 1 saturated heterocycles. The summed E-state index contributed by atoms with van der Waals surface area (Å²) in [6, 6.07) is 18.6. The van der Waals surface area contributed by atoms with Crippen LogP contribution in [0.1, 0.15) is 21.5 Å². The Hall–Kier alpha value is -3.99. The number of piperazine rings is 1. The van der Waals surface area contributed by atoms with Crippen LogP contribution >= 0.6 is 11.6 Å². The molecule has 0 saturated carbocycles. The van der Waals surface area contributed by atoms with E-state index in [2.05, 4.69) is 37.4 Å². The summed E-state index contributed by atoms with van der Waals surface area (Å²) in [5.74, 6) is 6.99. The first-order valence-corrected chi connectivity index (χ1v) is 11.3. The molecule has 3 heterocycles. The van der Waals surface area contributed by atoms with Gasteiger partial charge >= 0.3 is 0 Å². The van der Waals surface area contributed by atoms with Crippen LogP contribution in [0.3, 0.4) is 0 Å². The third kappa shape index (κ3) is 4.84. The third-order valence-corrected chi connectivity index (χ3v) is 5.69. The van der Waals surface area contributed by atoms with Gasteiger partial charge in [0.15, 0.2) is 5.82 Å². The molecule has 8 heteroatoms. The van der Waals surface area contributed by atoms with E-state index in [0.29, 0.717) is 40.7 Å². The first-order chi connectivity index (χ1) is 16.7. The van der Waals surface area contributed by atoms with Crippen molar-refractivity contribution in [3.8, 4) is 11.8 Å². The van der Waals surface area contributed by atoms with Gasteiger partial charge in [0.05, 0.1) is 11.2 Å². The summed E-state index contributed by atoms with van der Waals surface area (Å²) in [5.41, 5.74) is 4.26. The van der Waals surface area contributed by atoms with Crippen LogP contribution in [0, 0.1) is 11.8 Å². The number of nitrogens with one attached hydrogen (secondary N) is 2. The van der Waals surface area contributed by atoms with E-state index in [9.17, 15) is 4.79 Å². The number of hydrogen-bond donors (Lipinski definition) is 2. The number of halogens is 1. The molecule has 2 aromatic heterocycles. The van der Waals surface area contributed by atoms with E-state index in [0.717, 1.165) is 29.9 Å². The highest BCUT2D eigenvalue weighted by molar-refractivity contribution is 6.29. The molecular formula is C26H21ClN6O. The molecule has 0 bridgehead atoms. The van der Waals surface area contributed by atoms with Gasteiger partial charge in [0, 0.05) is 42.9 Å². The number of anilines is 2. The Labute approximate surface area is 202 Å². The van der Waals surface area contributed by atoms with Gasteiger partial charge < -0.3 is 15.5 Å². The van der Waals surface area contributed by atoms with Crippen molar-refractivity contribution in [2.45, 2.75) is 0 Å². The number of nitrogens with zero attached hydrogens (tertiary/aromatic N) is 4. The van der Waals surface area contributed by atoms with Crippen LogP contribution in [-0.2, 0) is 0 Å². The van der Waals surface area contributed by atoms with Gasteiger partial charge in [-0.15, -0.1) is 0 Å². The van der Waals surface area contributed by atoms with Gasteiger partial charge in [0.1, 0.15) is 17.0 Å². The Morgan fingerprint density at radius 2 is 1.85 bits per heavy atom. The fourth-order valence-electron chi connectivity index (χ4n) is 3.76. The molecule has 168 valence electrons. The van der Waals surface area contributed by atoms with Gasteiger partial charge in [-0.3, -0.25) is 4.79 Å². The maximum absolute atomic E-state index is 12.8. The summed E-state index contributed by atoms with van der Waals surface area (Å²) in [7, 11) is 0. The summed E-state index contributed by atoms with van der Waals surface area (Å²) in [5, 5.41) is 6.94. The zero-order valence-electron chi connectivity index (χ0n) is 18.3. The zero-order chi connectivity index (χ0) is 23.3. The van der Waals surface area contributed by atoms with Crippen LogP contribution in [0.25, 0.3) is 11.0 Å². The second-order valence-corrected chi connectivity index (χ2v) is 8.15. The van der Waals surface area contributed by atoms with Gasteiger partial charge in [0.2, 0.25) is 0 Å². The molecule has 34 heavy (non-hydrogen) atoms. The molecule has 7 nitrogen and oxygen atoms in total. The summed E-state index contributed by atoms with van der Waals surface area (Å²) < 4.78 is 0. The zero-order valence-corrected chi connectivity index (χ0v) is 19.0. The number of benzene rings is 2. The molecule has 2 N–H and O–H groups in total. The van der Waals surface area contributed by atoms with Crippen LogP contribution in [0.4, 0.5) is 11.5 Å². The van der Waals surface area contributed by atoms with Crippen molar-refractivity contribution in [3.05, 3.63) is 88.8 Å². The largest absolute Gasteiger partial charge is 0.337 e. The molecule has 0 radical (unpaired) electrons. The van der Waals surface area contributed by atoms with E-state index >= 15 is 0 Å². The number of fused-ring (bicyclic) bond motifs is 1. The SMILES string of the molecule is O=C(c1cccc(C#Cc2ccccc2Nc2ncnc3ccc(Cl)nc23)c1)N1CCNCC1. The molecule has 5 rings (SSSR count). The molecule has 1 fully saturated rings. The number of pyridine rings is 1. The topological polar surface area (TPSA) is 83.0 Å². The minimum atomic E-state index is 0.0361. The predicted octanol–water partition coefficient (Wildman–Crippen LogP) is 3.87. The number of carbonyl (C=O) groups is 1. The predicted molar refractivity (Wildman–Crippen MR) is 133 cm³/mol. The number of carbonyl (C=O) groups excluding carboxylic acids is 1. The molecule has 2 aromatic carbocycles. The van der Waals surface area contributed by atoms with Gasteiger partial charge in [-0.1, -0.05) is 41.6 Å². The second kappa shape index (κ2) is 9.87. The molecule has 1 aliphatic rings. The average Bonchev–Trinajstić information content (AvgIpc) is 2.89. The highest BCUT2D eigenvalue weighted by Crippen LogP contribution is 2.24. The summed E-state index contributed by atoms with van der Waals surface area (Å²) in [4.78, 5) is 27.6. The van der Waals surface area contributed by atoms with Crippen LogP contribution in [-0.4, -0.2) is 51.9 Å². The van der Waals surface area contributed by atoms with Crippen molar-refractivity contribution in [1.29, 1.82) is 0 Å².